The van der Waals surface area contributed by atoms with Crippen LogP contribution in [0.15, 0.2) is 0 Å². The number of carbonyl (C=O) groups excluding carboxylic acids is 1. The average Bonchev–Trinajstić information content (AvgIpc) is 2.91. The molecule has 0 bridgehead atoms. The van der Waals surface area contributed by atoms with Gasteiger partial charge in [0.2, 0.25) is 0 Å². The van der Waals surface area contributed by atoms with Gasteiger partial charge >= 0.3 is 0 Å². The average molecular weight is 361 g/mol. The van der Waals surface area contributed by atoms with Gasteiger partial charge in [-0.25, -0.2) is 0 Å². The summed E-state index contributed by atoms with van der Waals surface area (Å²) in [5, 5.41) is 4.77. The molecule has 0 radical (unpaired) electrons. The second kappa shape index (κ2) is 8.55. The fraction of sp³-hybridized carbons (Fsp3) is 0.810. The van der Waals surface area contributed by atoms with E-state index in [0.717, 1.165) is 19.4 Å². The van der Waals surface area contributed by atoms with Gasteiger partial charge in [0.15, 0.2) is 5.69 Å². The first-order valence-corrected chi connectivity index (χ1v) is 10.5. The van der Waals surface area contributed by atoms with Crippen LogP contribution in [0.25, 0.3) is 0 Å². The minimum atomic E-state index is 0.0528. The zero-order valence-corrected chi connectivity index (χ0v) is 17.1. The molecule has 0 aromatic carbocycles. The van der Waals surface area contributed by atoms with E-state index >= 15 is 0 Å². The number of fused-ring (bicyclic) bond motifs is 1. The smallest absolute Gasteiger partial charge is 0.274 e. The van der Waals surface area contributed by atoms with Gasteiger partial charge in [0.25, 0.3) is 5.91 Å². The Labute approximate surface area is 158 Å². The third-order valence-corrected chi connectivity index (χ3v) is 5.87. The number of nitrogens with zero attached hydrogens (tertiary/aromatic N) is 4. The summed E-state index contributed by atoms with van der Waals surface area (Å²) in [4.78, 5) is 17.1. The summed E-state index contributed by atoms with van der Waals surface area (Å²) in [6.07, 6.45) is 10.0. The van der Waals surface area contributed by atoms with Crippen LogP contribution in [-0.2, 0) is 19.4 Å². The minimum Gasteiger partial charge on any atom is -0.343 e. The molecule has 26 heavy (non-hydrogen) atoms. The molecule has 1 amide bonds. The van der Waals surface area contributed by atoms with E-state index in [1.165, 1.54) is 62.9 Å². The molecule has 1 unspecified atom stereocenters. The Bertz CT molecular complexity index is 612. The highest BCUT2D eigenvalue weighted by Gasteiger charge is 2.32. The van der Waals surface area contributed by atoms with Gasteiger partial charge in [-0.3, -0.25) is 9.48 Å². The number of rotatable bonds is 4. The predicted molar refractivity (Wildman–Crippen MR) is 106 cm³/mol. The Morgan fingerprint density at radius 3 is 2.42 bits per heavy atom. The molecule has 2 aliphatic rings. The molecule has 3 rings (SSSR count). The van der Waals surface area contributed by atoms with Crippen LogP contribution >= 0.6 is 0 Å². The normalized spacial score (nSPS) is 22.0. The summed E-state index contributed by atoms with van der Waals surface area (Å²) < 4.78 is 2.13. The van der Waals surface area contributed by atoms with Crippen LogP contribution in [0.5, 0.6) is 0 Å². The first-order valence-electron chi connectivity index (χ1n) is 10.5. The fourth-order valence-corrected chi connectivity index (χ4v) is 4.50. The third-order valence-electron chi connectivity index (χ3n) is 5.87. The number of aromatic nitrogens is 2. The predicted octanol–water partition coefficient (Wildman–Crippen LogP) is 3.36. The van der Waals surface area contributed by atoms with Crippen molar-refractivity contribution < 1.29 is 4.79 Å². The van der Waals surface area contributed by atoms with Crippen molar-refractivity contribution in [2.45, 2.75) is 77.8 Å². The highest BCUT2D eigenvalue weighted by Crippen LogP contribution is 2.29. The van der Waals surface area contributed by atoms with Gasteiger partial charge in [0.1, 0.15) is 0 Å². The molecule has 1 atom stereocenters. The highest BCUT2D eigenvalue weighted by atomic mass is 16.2. The van der Waals surface area contributed by atoms with Crippen LogP contribution < -0.4 is 0 Å². The Morgan fingerprint density at radius 1 is 1.15 bits per heavy atom. The van der Waals surface area contributed by atoms with Gasteiger partial charge in [-0.05, 0) is 51.1 Å². The minimum absolute atomic E-state index is 0.0528. The molecule has 2 heterocycles. The standard InChI is InChI=1S/C21H36N4O/c1-16(2)15-25-19-11-10-17(24-12-8-6-5-7-9-13-24)14-18(19)20(22-25)21(26)23(3)4/h16-17H,5-15H2,1-4H3. The molecule has 0 N–H and O–H groups in total. The van der Waals surface area contributed by atoms with Crippen LogP contribution in [0.3, 0.4) is 0 Å². The van der Waals surface area contributed by atoms with Gasteiger partial charge in [0, 0.05) is 37.9 Å². The number of hydrogen-bond donors (Lipinski definition) is 0. The maximum absolute atomic E-state index is 12.7. The van der Waals surface area contributed by atoms with E-state index in [-0.39, 0.29) is 5.91 Å². The SMILES string of the molecule is CC(C)Cn1nc(C(=O)N(C)C)c2c1CCC(N1CCCCCCC1)C2. The second-order valence-corrected chi connectivity index (χ2v) is 8.75. The molecule has 5 nitrogen and oxygen atoms in total. The van der Waals surface area contributed by atoms with Crippen LogP contribution in [0, 0.1) is 5.92 Å². The number of carbonyl (C=O) groups is 1. The van der Waals surface area contributed by atoms with E-state index in [1.54, 1.807) is 4.90 Å². The molecule has 1 aliphatic carbocycles. The van der Waals surface area contributed by atoms with Crippen molar-refractivity contribution in [1.82, 2.24) is 19.6 Å². The molecule has 0 saturated carbocycles. The van der Waals surface area contributed by atoms with Crippen molar-refractivity contribution in [3.05, 3.63) is 17.0 Å². The number of hydrogen-bond acceptors (Lipinski definition) is 3. The van der Waals surface area contributed by atoms with Crippen LogP contribution in [0.1, 0.15) is 74.1 Å². The zero-order valence-electron chi connectivity index (χ0n) is 17.1. The van der Waals surface area contributed by atoms with Crippen molar-refractivity contribution in [3.8, 4) is 0 Å². The maximum Gasteiger partial charge on any atom is 0.274 e. The van der Waals surface area contributed by atoms with E-state index in [0.29, 0.717) is 17.7 Å². The lowest BCUT2D eigenvalue weighted by Crippen LogP contribution is -2.41. The molecule has 1 aromatic heterocycles. The van der Waals surface area contributed by atoms with Crippen molar-refractivity contribution in [1.29, 1.82) is 0 Å². The van der Waals surface area contributed by atoms with Gasteiger partial charge < -0.3 is 9.80 Å². The maximum atomic E-state index is 12.7. The topological polar surface area (TPSA) is 41.4 Å². The highest BCUT2D eigenvalue weighted by molar-refractivity contribution is 5.93. The van der Waals surface area contributed by atoms with Gasteiger partial charge in [-0.15, -0.1) is 0 Å². The van der Waals surface area contributed by atoms with Crippen molar-refractivity contribution >= 4 is 5.91 Å². The molecular weight excluding hydrogens is 324 g/mol. The summed E-state index contributed by atoms with van der Waals surface area (Å²) in [6, 6.07) is 0.575. The first-order chi connectivity index (χ1) is 12.5. The largest absolute Gasteiger partial charge is 0.343 e. The lowest BCUT2D eigenvalue weighted by atomic mass is 9.89. The molecular formula is C21H36N4O. The third kappa shape index (κ3) is 4.30. The van der Waals surface area contributed by atoms with Crippen LogP contribution in [0.2, 0.25) is 0 Å². The van der Waals surface area contributed by atoms with E-state index in [2.05, 4.69) is 23.4 Å². The summed E-state index contributed by atoms with van der Waals surface area (Å²) in [5.74, 6) is 0.588. The zero-order chi connectivity index (χ0) is 18.7. The fourth-order valence-electron chi connectivity index (χ4n) is 4.50. The van der Waals surface area contributed by atoms with E-state index < -0.39 is 0 Å². The van der Waals surface area contributed by atoms with Crippen molar-refractivity contribution in [3.63, 3.8) is 0 Å². The molecule has 146 valence electrons. The molecule has 1 fully saturated rings. The Hall–Kier alpha value is -1.36. The quantitative estimate of drug-likeness (QED) is 0.827. The van der Waals surface area contributed by atoms with E-state index in [4.69, 9.17) is 5.10 Å². The van der Waals surface area contributed by atoms with Crippen LogP contribution in [0.4, 0.5) is 0 Å². The monoisotopic (exact) mass is 360 g/mol. The number of likely N-dealkylation sites (tertiary alicyclic amines) is 1. The van der Waals surface area contributed by atoms with E-state index in [9.17, 15) is 4.79 Å². The summed E-state index contributed by atoms with van der Waals surface area (Å²) >= 11 is 0. The lowest BCUT2D eigenvalue weighted by Gasteiger charge is -2.35. The number of amides is 1. The van der Waals surface area contributed by atoms with E-state index in [1.807, 2.05) is 14.1 Å². The molecule has 0 spiro atoms. The van der Waals surface area contributed by atoms with Gasteiger partial charge in [0.05, 0.1) is 0 Å². The molecule has 1 saturated heterocycles. The van der Waals surface area contributed by atoms with Crippen LogP contribution in [-0.4, -0.2) is 58.7 Å². The second-order valence-electron chi connectivity index (χ2n) is 8.75. The van der Waals surface area contributed by atoms with Gasteiger partial charge in [-0.1, -0.05) is 33.1 Å². The van der Waals surface area contributed by atoms with Crippen molar-refractivity contribution in [2.75, 3.05) is 27.2 Å². The Morgan fingerprint density at radius 2 is 1.81 bits per heavy atom. The summed E-state index contributed by atoms with van der Waals surface area (Å²) in [5.41, 5.74) is 3.23. The summed E-state index contributed by atoms with van der Waals surface area (Å²) in [6.45, 7) is 7.77. The molecule has 5 heteroatoms. The Kier molecular flexibility index (Phi) is 6.38. The Balaban J connectivity index is 1.85. The lowest BCUT2D eigenvalue weighted by molar-refractivity contribution is 0.0818. The molecule has 1 aromatic rings. The summed E-state index contributed by atoms with van der Waals surface area (Å²) in [7, 11) is 3.66. The van der Waals surface area contributed by atoms with Gasteiger partial charge in [-0.2, -0.15) is 5.10 Å². The van der Waals surface area contributed by atoms with Crippen molar-refractivity contribution in [2.24, 2.45) is 5.92 Å². The first kappa shape index (κ1) is 19.4. The molecule has 1 aliphatic heterocycles.